The van der Waals surface area contributed by atoms with Gasteiger partial charge in [-0.25, -0.2) is 0 Å². The molecule has 1 N–H and O–H groups in total. The minimum atomic E-state index is -0.948. The Morgan fingerprint density at radius 1 is 1.43 bits per heavy atom. The Bertz CT molecular complexity index is 223. The van der Waals surface area contributed by atoms with E-state index in [4.69, 9.17) is 9.84 Å². The summed E-state index contributed by atoms with van der Waals surface area (Å²) in [4.78, 5) is 21.8. The molecule has 0 aromatic heterocycles. The van der Waals surface area contributed by atoms with Gasteiger partial charge in [0, 0.05) is 0 Å². The van der Waals surface area contributed by atoms with Crippen LogP contribution in [0.1, 0.15) is 27.7 Å². The van der Waals surface area contributed by atoms with Crippen LogP contribution < -0.4 is 0 Å². The predicted molar refractivity (Wildman–Crippen MR) is 55.4 cm³/mol. The van der Waals surface area contributed by atoms with Crippen molar-refractivity contribution in [2.24, 2.45) is 0 Å². The molecule has 0 aliphatic rings. The smallest absolute Gasteiger partial charge is 0.319 e. The molecule has 0 aliphatic heterocycles. The largest absolute Gasteiger partial charge is 0.480 e. The lowest BCUT2D eigenvalue weighted by Crippen LogP contribution is -2.29. The standard InChI is InChI=1S/C9H16O4S/c1-6(2)13-7(10)5-14-9(3,4)8(11)12/h6H,5H2,1-4H3,(H,11,12). The molecule has 0 unspecified atom stereocenters. The quantitative estimate of drug-likeness (QED) is 0.712. The first-order valence-corrected chi connectivity index (χ1v) is 5.31. The van der Waals surface area contributed by atoms with Crippen LogP contribution in [0.4, 0.5) is 0 Å². The second-order valence-corrected chi connectivity index (χ2v) is 5.24. The molecule has 0 aromatic rings. The maximum Gasteiger partial charge on any atom is 0.319 e. The third kappa shape index (κ3) is 5.11. The molecule has 0 saturated carbocycles. The van der Waals surface area contributed by atoms with Crippen LogP contribution in [0, 0.1) is 0 Å². The van der Waals surface area contributed by atoms with Crippen LogP contribution in [0.5, 0.6) is 0 Å². The van der Waals surface area contributed by atoms with Gasteiger partial charge in [0.15, 0.2) is 0 Å². The molecule has 0 spiro atoms. The molecule has 0 fully saturated rings. The lowest BCUT2D eigenvalue weighted by molar-refractivity contribution is -0.144. The molecule has 0 heterocycles. The van der Waals surface area contributed by atoms with Gasteiger partial charge >= 0.3 is 11.9 Å². The van der Waals surface area contributed by atoms with E-state index in [2.05, 4.69) is 0 Å². The third-order valence-electron chi connectivity index (χ3n) is 1.43. The van der Waals surface area contributed by atoms with Gasteiger partial charge < -0.3 is 9.84 Å². The highest BCUT2D eigenvalue weighted by Gasteiger charge is 2.28. The summed E-state index contributed by atoms with van der Waals surface area (Å²) in [7, 11) is 0. The molecule has 0 saturated heterocycles. The van der Waals surface area contributed by atoms with Gasteiger partial charge in [0.05, 0.1) is 11.9 Å². The molecule has 4 nitrogen and oxygen atoms in total. The van der Waals surface area contributed by atoms with Gasteiger partial charge in [0.25, 0.3) is 0 Å². The molecule has 0 aliphatic carbocycles. The average molecular weight is 220 g/mol. The second kappa shape index (κ2) is 5.24. The Kier molecular flexibility index (Phi) is 4.97. The minimum Gasteiger partial charge on any atom is -0.480 e. The lowest BCUT2D eigenvalue weighted by Gasteiger charge is -2.18. The highest BCUT2D eigenvalue weighted by Crippen LogP contribution is 2.24. The summed E-state index contributed by atoms with van der Waals surface area (Å²) < 4.78 is 3.92. The van der Waals surface area contributed by atoms with E-state index in [1.54, 1.807) is 27.7 Å². The zero-order valence-corrected chi connectivity index (χ0v) is 9.68. The number of hydrogen-bond donors (Lipinski definition) is 1. The molecular formula is C9H16O4S. The van der Waals surface area contributed by atoms with Crippen molar-refractivity contribution < 1.29 is 19.4 Å². The van der Waals surface area contributed by atoms with Crippen LogP contribution in [-0.2, 0) is 14.3 Å². The summed E-state index contributed by atoms with van der Waals surface area (Å²) in [6.07, 6.45) is -0.156. The lowest BCUT2D eigenvalue weighted by atomic mass is 10.2. The van der Waals surface area contributed by atoms with Crippen molar-refractivity contribution in [1.29, 1.82) is 0 Å². The van der Waals surface area contributed by atoms with Crippen molar-refractivity contribution in [3.05, 3.63) is 0 Å². The van der Waals surface area contributed by atoms with E-state index in [1.165, 1.54) is 0 Å². The first-order chi connectivity index (χ1) is 6.25. The number of ether oxygens (including phenoxy) is 1. The zero-order valence-electron chi connectivity index (χ0n) is 8.86. The number of aliphatic carboxylic acids is 1. The Morgan fingerprint density at radius 3 is 2.29 bits per heavy atom. The summed E-state index contributed by atoms with van der Waals surface area (Å²) in [5.41, 5.74) is 0. The molecule has 14 heavy (non-hydrogen) atoms. The van der Waals surface area contributed by atoms with E-state index in [1.807, 2.05) is 0 Å². The van der Waals surface area contributed by atoms with Crippen molar-refractivity contribution in [2.75, 3.05) is 5.75 Å². The van der Waals surface area contributed by atoms with Gasteiger partial charge in [-0.3, -0.25) is 9.59 Å². The van der Waals surface area contributed by atoms with Crippen LogP contribution in [0.15, 0.2) is 0 Å². The fourth-order valence-corrected chi connectivity index (χ4v) is 1.27. The molecule has 0 rings (SSSR count). The molecule has 82 valence electrons. The number of hydrogen-bond acceptors (Lipinski definition) is 4. The summed E-state index contributed by atoms with van der Waals surface area (Å²) in [5, 5.41) is 8.76. The number of esters is 1. The predicted octanol–water partition coefficient (Wildman–Crippen LogP) is 1.53. The van der Waals surface area contributed by atoms with E-state index in [-0.39, 0.29) is 17.8 Å². The Labute approximate surface area is 88.0 Å². The van der Waals surface area contributed by atoms with Crippen LogP contribution >= 0.6 is 11.8 Å². The number of carbonyl (C=O) groups excluding carboxylic acids is 1. The van der Waals surface area contributed by atoms with Crippen molar-refractivity contribution in [3.8, 4) is 0 Å². The highest BCUT2D eigenvalue weighted by atomic mass is 32.2. The summed E-state index contributed by atoms with van der Waals surface area (Å²) >= 11 is 1.06. The average Bonchev–Trinajstić information content (AvgIpc) is 1.99. The summed E-state index contributed by atoms with van der Waals surface area (Å²) in [6, 6.07) is 0. The number of carboxylic acid groups (broad SMARTS) is 1. The molecule has 0 amide bonds. The number of rotatable bonds is 5. The minimum absolute atomic E-state index is 0.0669. The third-order valence-corrected chi connectivity index (χ3v) is 2.71. The molecule has 0 radical (unpaired) electrons. The topological polar surface area (TPSA) is 63.6 Å². The monoisotopic (exact) mass is 220 g/mol. The van der Waals surface area contributed by atoms with Gasteiger partial charge in [0.2, 0.25) is 0 Å². The van der Waals surface area contributed by atoms with E-state index in [0.29, 0.717) is 0 Å². The van der Waals surface area contributed by atoms with Crippen molar-refractivity contribution in [2.45, 2.75) is 38.5 Å². The second-order valence-electron chi connectivity index (χ2n) is 3.64. The molecule has 0 atom stereocenters. The Morgan fingerprint density at radius 2 is 1.93 bits per heavy atom. The maximum absolute atomic E-state index is 11.1. The summed E-state index contributed by atoms with van der Waals surface area (Å²) in [6.45, 7) is 6.63. The number of carboxylic acids is 1. The van der Waals surface area contributed by atoms with Crippen molar-refractivity contribution in [3.63, 3.8) is 0 Å². The van der Waals surface area contributed by atoms with E-state index >= 15 is 0 Å². The molecule has 5 heteroatoms. The van der Waals surface area contributed by atoms with Gasteiger partial charge in [-0.15, -0.1) is 11.8 Å². The number of thioether (sulfide) groups is 1. The number of carbonyl (C=O) groups is 2. The van der Waals surface area contributed by atoms with Gasteiger partial charge in [-0.2, -0.15) is 0 Å². The van der Waals surface area contributed by atoms with Crippen LogP contribution in [0.3, 0.4) is 0 Å². The van der Waals surface area contributed by atoms with E-state index < -0.39 is 10.7 Å². The van der Waals surface area contributed by atoms with E-state index in [9.17, 15) is 9.59 Å². The van der Waals surface area contributed by atoms with Gasteiger partial charge in [-0.1, -0.05) is 0 Å². The van der Waals surface area contributed by atoms with Crippen LogP contribution in [-0.4, -0.2) is 33.6 Å². The fourth-order valence-electron chi connectivity index (χ4n) is 0.598. The molecule has 0 aromatic carbocycles. The Balaban J connectivity index is 3.94. The zero-order chi connectivity index (χ0) is 11.4. The Hall–Kier alpha value is -0.710. The molecular weight excluding hydrogens is 204 g/mol. The fraction of sp³-hybridized carbons (Fsp3) is 0.778. The highest BCUT2D eigenvalue weighted by molar-refractivity contribution is 8.01. The molecule has 0 bridgehead atoms. The van der Waals surface area contributed by atoms with Crippen molar-refractivity contribution >= 4 is 23.7 Å². The van der Waals surface area contributed by atoms with E-state index in [0.717, 1.165) is 11.8 Å². The van der Waals surface area contributed by atoms with Gasteiger partial charge in [0.1, 0.15) is 4.75 Å². The summed E-state index contributed by atoms with van der Waals surface area (Å²) in [5.74, 6) is -1.24. The van der Waals surface area contributed by atoms with Crippen LogP contribution in [0.25, 0.3) is 0 Å². The first kappa shape index (κ1) is 13.3. The SMILES string of the molecule is CC(C)OC(=O)CSC(C)(C)C(=O)O. The van der Waals surface area contributed by atoms with Crippen LogP contribution in [0.2, 0.25) is 0 Å². The van der Waals surface area contributed by atoms with Gasteiger partial charge in [-0.05, 0) is 27.7 Å². The van der Waals surface area contributed by atoms with Crippen molar-refractivity contribution in [1.82, 2.24) is 0 Å². The first-order valence-electron chi connectivity index (χ1n) is 4.32. The normalized spacial score (nSPS) is 11.5. The maximum atomic E-state index is 11.1.